The SMILES string of the molecule is CCOc1cc(-c2ncc(C(=O)CCc3ccc(C(C4CC4)C(C)C(=O)OC)c(F)c3O)nc2C)c(F)cn1. The zero-order valence-electron chi connectivity index (χ0n) is 22.3. The summed E-state index contributed by atoms with van der Waals surface area (Å²) in [6, 6.07) is 4.59. The number of carbonyl (C=O) groups excluding carboxylic acids is 2. The summed E-state index contributed by atoms with van der Waals surface area (Å²) < 4.78 is 39.9. The van der Waals surface area contributed by atoms with E-state index in [1.54, 1.807) is 32.9 Å². The molecular weight excluding hydrogens is 508 g/mol. The normalized spacial score (nSPS) is 14.5. The molecule has 1 aliphatic carbocycles. The molecule has 39 heavy (non-hydrogen) atoms. The first-order chi connectivity index (χ1) is 18.7. The number of halogens is 2. The number of ketones is 1. The summed E-state index contributed by atoms with van der Waals surface area (Å²) in [7, 11) is 1.30. The fraction of sp³-hybridized carbons (Fsp3) is 0.414. The molecule has 10 heteroatoms. The molecule has 0 amide bonds. The third kappa shape index (κ3) is 6.05. The lowest BCUT2D eigenvalue weighted by molar-refractivity contribution is -0.145. The number of pyridine rings is 1. The first-order valence-corrected chi connectivity index (χ1v) is 12.9. The molecule has 3 aromatic rings. The van der Waals surface area contributed by atoms with Crippen molar-refractivity contribution in [2.75, 3.05) is 13.7 Å². The Morgan fingerprint density at radius 1 is 1.18 bits per heavy atom. The van der Waals surface area contributed by atoms with Crippen LogP contribution in [0.25, 0.3) is 11.3 Å². The van der Waals surface area contributed by atoms with Crippen molar-refractivity contribution in [2.45, 2.75) is 52.4 Å². The molecule has 2 aromatic heterocycles. The monoisotopic (exact) mass is 539 g/mol. The number of rotatable bonds is 11. The van der Waals surface area contributed by atoms with Crippen LogP contribution in [0.5, 0.6) is 11.6 Å². The molecule has 0 saturated heterocycles. The number of phenolic OH excluding ortho intramolecular Hbond substituents is 1. The summed E-state index contributed by atoms with van der Waals surface area (Å²) in [5.74, 6) is -3.25. The Kier molecular flexibility index (Phi) is 8.52. The standard InChI is InChI=1S/C29H31F2N3O5/c1-5-39-24-12-20(21(30)13-32-24)27-16(3)34-22(14-33-27)23(35)11-9-18-8-10-19(26(31)28(18)36)25(17-6-7-17)15(2)29(37)38-4/h8,10,12-15,17,25,36H,5-7,9,11H2,1-4H3. The van der Waals surface area contributed by atoms with Crippen LogP contribution in [0.1, 0.15) is 66.3 Å². The maximum atomic E-state index is 15.3. The van der Waals surface area contributed by atoms with Gasteiger partial charge in [-0.2, -0.15) is 0 Å². The van der Waals surface area contributed by atoms with Crippen molar-refractivity contribution in [1.29, 1.82) is 0 Å². The Morgan fingerprint density at radius 3 is 2.56 bits per heavy atom. The minimum Gasteiger partial charge on any atom is -0.505 e. The van der Waals surface area contributed by atoms with Gasteiger partial charge in [0.05, 0.1) is 43.4 Å². The number of esters is 1. The van der Waals surface area contributed by atoms with Crippen molar-refractivity contribution in [3.8, 4) is 22.9 Å². The number of Topliss-reactive ketones (excluding diaryl/α,β-unsaturated/α-hetero) is 1. The number of benzene rings is 1. The van der Waals surface area contributed by atoms with Gasteiger partial charge in [0.1, 0.15) is 5.69 Å². The van der Waals surface area contributed by atoms with Gasteiger partial charge in [-0.15, -0.1) is 0 Å². The molecule has 2 heterocycles. The van der Waals surface area contributed by atoms with E-state index in [2.05, 4.69) is 15.0 Å². The van der Waals surface area contributed by atoms with Gasteiger partial charge in [-0.3, -0.25) is 14.6 Å². The number of aromatic hydroxyl groups is 1. The predicted molar refractivity (Wildman–Crippen MR) is 138 cm³/mol. The molecular formula is C29H31F2N3O5. The Bertz CT molecular complexity index is 1390. The number of hydrogen-bond donors (Lipinski definition) is 1. The lowest BCUT2D eigenvalue weighted by atomic mass is 9.82. The quantitative estimate of drug-likeness (QED) is 0.257. The minimum atomic E-state index is -0.779. The van der Waals surface area contributed by atoms with Crippen LogP contribution in [-0.4, -0.2) is 45.5 Å². The molecule has 206 valence electrons. The predicted octanol–water partition coefficient (Wildman–Crippen LogP) is 5.35. The second kappa shape index (κ2) is 11.8. The van der Waals surface area contributed by atoms with Crippen LogP contribution < -0.4 is 4.74 Å². The molecule has 1 saturated carbocycles. The van der Waals surface area contributed by atoms with Gasteiger partial charge in [0.15, 0.2) is 23.2 Å². The van der Waals surface area contributed by atoms with Gasteiger partial charge >= 0.3 is 5.97 Å². The van der Waals surface area contributed by atoms with E-state index in [0.717, 1.165) is 19.0 Å². The Labute approximate surface area is 225 Å². The molecule has 0 spiro atoms. The van der Waals surface area contributed by atoms with Gasteiger partial charge < -0.3 is 14.6 Å². The summed E-state index contributed by atoms with van der Waals surface area (Å²) in [5, 5.41) is 10.6. The summed E-state index contributed by atoms with van der Waals surface area (Å²) in [6.07, 6.45) is 4.08. The Morgan fingerprint density at radius 2 is 1.92 bits per heavy atom. The first-order valence-electron chi connectivity index (χ1n) is 12.9. The van der Waals surface area contributed by atoms with Gasteiger partial charge in [-0.05, 0) is 50.2 Å². The van der Waals surface area contributed by atoms with Crippen LogP contribution in [0, 0.1) is 30.4 Å². The smallest absolute Gasteiger partial charge is 0.309 e. The molecule has 1 aliphatic rings. The van der Waals surface area contributed by atoms with Crippen molar-refractivity contribution < 1.29 is 33.0 Å². The number of ether oxygens (including phenoxy) is 2. The summed E-state index contributed by atoms with van der Waals surface area (Å²) in [6.45, 7) is 5.47. The van der Waals surface area contributed by atoms with Gasteiger partial charge in [0.2, 0.25) is 5.88 Å². The zero-order valence-corrected chi connectivity index (χ0v) is 22.3. The number of nitrogens with zero attached hydrogens (tertiary/aromatic N) is 3. The lowest BCUT2D eigenvalue weighted by Gasteiger charge is -2.23. The van der Waals surface area contributed by atoms with Crippen molar-refractivity contribution in [3.05, 3.63) is 64.7 Å². The van der Waals surface area contributed by atoms with Crippen LogP contribution in [-0.2, 0) is 16.0 Å². The molecule has 8 nitrogen and oxygen atoms in total. The summed E-state index contributed by atoms with van der Waals surface area (Å²) in [4.78, 5) is 37.4. The average Bonchev–Trinajstić information content (AvgIpc) is 3.76. The third-order valence-corrected chi connectivity index (χ3v) is 7.06. The Hall–Kier alpha value is -3.95. The second-order valence-corrected chi connectivity index (χ2v) is 9.70. The van der Waals surface area contributed by atoms with Crippen LogP contribution in [0.4, 0.5) is 8.78 Å². The zero-order chi connectivity index (χ0) is 28.3. The molecule has 0 bridgehead atoms. The first kappa shape index (κ1) is 28.1. The highest BCUT2D eigenvalue weighted by molar-refractivity contribution is 5.94. The van der Waals surface area contributed by atoms with Crippen molar-refractivity contribution in [1.82, 2.24) is 15.0 Å². The number of phenols is 1. The van der Waals surface area contributed by atoms with E-state index in [1.807, 2.05) is 0 Å². The topological polar surface area (TPSA) is 112 Å². The van der Waals surface area contributed by atoms with E-state index >= 15 is 4.39 Å². The second-order valence-electron chi connectivity index (χ2n) is 9.70. The van der Waals surface area contributed by atoms with E-state index in [-0.39, 0.29) is 58.5 Å². The molecule has 1 aromatic carbocycles. The fourth-order valence-corrected chi connectivity index (χ4v) is 4.88. The van der Waals surface area contributed by atoms with Crippen LogP contribution >= 0.6 is 0 Å². The van der Waals surface area contributed by atoms with E-state index in [0.29, 0.717) is 12.3 Å². The van der Waals surface area contributed by atoms with E-state index in [4.69, 9.17) is 9.47 Å². The van der Waals surface area contributed by atoms with Crippen molar-refractivity contribution in [3.63, 3.8) is 0 Å². The Balaban J connectivity index is 1.49. The van der Waals surface area contributed by atoms with Crippen molar-refractivity contribution >= 4 is 11.8 Å². The fourth-order valence-electron chi connectivity index (χ4n) is 4.88. The van der Waals surface area contributed by atoms with E-state index in [9.17, 15) is 19.1 Å². The molecule has 0 aliphatic heterocycles. The van der Waals surface area contributed by atoms with E-state index < -0.39 is 35.2 Å². The molecule has 2 unspecified atom stereocenters. The van der Waals surface area contributed by atoms with E-state index in [1.165, 1.54) is 19.4 Å². The molecule has 4 rings (SSSR count). The minimum absolute atomic E-state index is 0.0530. The summed E-state index contributed by atoms with van der Waals surface area (Å²) in [5.41, 5.74) is 1.38. The summed E-state index contributed by atoms with van der Waals surface area (Å²) >= 11 is 0. The van der Waals surface area contributed by atoms with Crippen LogP contribution in [0.3, 0.4) is 0 Å². The largest absolute Gasteiger partial charge is 0.505 e. The van der Waals surface area contributed by atoms with Crippen LogP contribution in [0.2, 0.25) is 0 Å². The van der Waals surface area contributed by atoms with Gasteiger partial charge in [0, 0.05) is 24.0 Å². The maximum absolute atomic E-state index is 15.3. The lowest BCUT2D eigenvalue weighted by Crippen LogP contribution is -2.23. The molecule has 1 N–H and O–H groups in total. The number of aryl methyl sites for hydroxylation is 2. The number of carbonyl (C=O) groups is 2. The maximum Gasteiger partial charge on any atom is 0.309 e. The number of aromatic nitrogens is 3. The van der Waals surface area contributed by atoms with Crippen molar-refractivity contribution in [2.24, 2.45) is 11.8 Å². The molecule has 1 fully saturated rings. The van der Waals surface area contributed by atoms with Gasteiger partial charge in [0.25, 0.3) is 0 Å². The third-order valence-electron chi connectivity index (χ3n) is 7.06. The highest BCUT2D eigenvalue weighted by Gasteiger charge is 2.41. The molecule has 0 radical (unpaired) electrons. The average molecular weight is 540 g/mol. The van der Waals surface area contributed by atoms with Gasteiger partial charge in [-0.1, -0.05) is 19.1 Å². The highest BCUT2D eigenvalue weighted by atomic mass is 19.1. The van der Waals surface area contributed by atoms with Gasteiger partial charge in [-0.25, -0.2) is 18.7 Å². The number of methoxy groups -OCH3 is 1. The molecule has 2 atom stereocenters. The van der Waals surface area contributed by atoms with Crippen LogP contribution in [0.15, 0.2) is 30.6 Å². The number of hydrogen-bond acceptors (Lipinski definition) is 8. The highest BCUT2D eigenvalue weighted by Crippen LogP contribution is 2.48.